The molecule has 0 aromatic heterocycles. The smallest absolute Gasteiger partial charge is 0.324 e. The van der Waals surface area contributed by atoms with Gasteiger partial charge in [0.25, 0.3) is 10.1 Å². The normalized spacial score (nSPS) is 11.8. The molecule has 0 saturated carbocycles. The first-order valence-corrected chi connectivity index (χ1v) is 6.74. The molecular formula is C10H13N3O6S. The molecule has 1 rings (SSSR count). The lowest BCUT2D eigenvalue weighted by atomic mass is 10.2. The number of carbonyl (C=O) groups is 1. The second-order valence-corrected chi connectivity index (χ2v) is 5.22. The van der Waals surface area contributed by atoms with E-state index in [4.69, 9.17) is 14.8 Å². The van der Waals surface area contributed by atoms with E-state index in [1.165, 1.54) is 19.2 Å². The Bertz CT molecular complexity index is 628. The third-order valence-electron chi connectivity index (χ3n) is 2.15. The summed E-state index contributed by atoms with van der Waals surface area (Å²) >= 11 is 0. The number of benzene rings is 1. The van der Waals surface area contributed by atoms with E-state index in [0.717, 1.165) is 11.1 Å². The van der Waals surface area contributed by atoms with E-state index in [0.29, 0.717) is 0 Å². The van der Waals surface area contributed by atoms with Crippen molar-refractivity contribution in [1.29, 1.82) is 0 Å². The van der Waals surface area contributed by atoms with Gasteiger partial charge < -0.3 is 10.2 Å². The van der Waals surface area contributed by atoms with Gasteiger partial charge in [0, 0.05) is 7.05 Å². The number of rotatable bonds is 6. The summed E-state index contributed by atoms with van der Waals surface area (Å²) in [7, 11) is -3.20. The highest BCUT2D eigenvalue weighted by molar-refractivity contribution is 7.86. The lowest BCUT2D eigenvalue weighted by Gasteiger charge is -2.08. The quantitative estimate of drug-likeness (QED) is 0.393. The molecule has 3 N–H and O–H groups in total. The number of hydrogen-bond donors (Lipinski definition) is 3. The molecule has 0 saturated heterocycles. The summed E-state index contributed by atoms with van der Waals surface area (Å²) in [5, 5.41) is 25.5. The predicted octanol–water partition coefficient (Wildman–Crippen LogP) is 0.441. The van der Waals surface area contributed by atoms with Crippen molar-refractivity contribution >= 4 is 21.8 Å². The average molecular weight is 303 g/mol. The van der Waals surface area contributed by atoms with Crippen LogP contribution in [0.4, 0.5) is 5.69 Å². The van der Waals surface area contributed by atoms with Gasteiger partial charge in [-0.2, -0.15) is 8.42 Å². The molecule has 0 bridgehead atoms. The van der Waals surface area contributed by atoms with Crippen LogP contribution in [-0.2, 0) is 21.5 Å². The maximum Gasteiger partial charge on any atom is 0.324 e. The van der Waals surface area contributed by atoms with Gasteiger partial charge in [0.2, 0.25) is 0 Å². The number of aliphatic hydroxyl groups excluding tert-OH is 1. The van der Waals surface area contributed by atoms with Crippen LogP contribution in [0, 0.1) is 0 Å². The monoisotopic (exact) mass is 303 g/mol. The van der Waals surface area contributed by atoms with Gasteiger partial charge in [0.15, 0.2) is 0 Å². The fourth-order valence-corrected chi connectivity index (χ4v) is 1.97. The van der Waals surface area contributed by atoms with E-state index < -0.39 is 34.1 Å². The third-order valence-corrected chi connectivity index (χ3v) is 3.04. The van der Waals surface area contributed by atoms with Crippen molar-refractivity contribution < 1.29 is 28.0 Å². The molecule has 0 heterocycles. The number of carboxylic acids is 1. The number of aliphatic hydroxyl groups is 1. The highest BCUT2D eigenvalue weighted by Gasteiger charge is 2.16. The number of carboxylic acid groups (broad SMARTS) is 1. The molecule has 1 aromatic rings. The topological polar surface area (TPSA) is 140 Å². The second kappa shape index (κ2) is 6.41. The molecule has 0 unspecified atom stereocenters. The molecule has 0 fully saturated rings. The van der Waals surface area contributed by atoms with E-state index >= 15 is 0 Å². The van der Waals surface area contributed by atoms with E-state index in [-0.39, 0.29) is 11.3 Å². The molecule has 0 aliphatic carbocycles. The zero-order valence-electron chi connectivity index (χ0n) is 10.5. The molecule has 10 heteroatoms. The van der Waals surface area contributed by atoms with E-state index in [1.54, 1.807) is 0 Å². The van der Waals surface area contributed by atoms with Crippen LogP contribution in [0.2, 0.25) is 0 Å². The van der Waals surface area contributed by atoms with E-state index in [1.807, 2.05) is 0 Å². The summed E-state index contributed by atoms with van der Waals surface area (Å²) in [6, 6.07) is 3.70. The van der Waals surface area contributed by atoms with Crippen molar-refractivity contribution in [2.75, 3.05) is 13.6 Å². The Morgan fingerprint density at radius 3 is 2.55 bits per heavy atom. The number of nitrogens with zero attached hydrogens (tertiary/aromatic N) is 3. The van der Waals surface area contributed by atoms with Crippen molar-refractivity contribution in [2.45, 2.75) is 11.5 Å². The first-order chi connectivity index (χ1) is 9.24. The molecule has 0 atom stereocenters. The van der Waals surface area contributed by atoms with Crippen molar-refractivity contribution in [2.24, 2.45) is 10.3 Å². The van der Waals surface area contributed by atoms with Gasteiger partial charge in [0.1, 0.15) is 17.1 Å². The molecule has 20 heavy (non-hydrogen) atoms. The fraction of sp³-hybridized carbons (Fsp3) is 0.300. The Balaban J connectivity index is 3.12. The standard InChI is InChI=1S/C10H13N3O6S/c1-13(5-10(15)16)12-11-8-3-2-7(6-14)4-9(8)20(17,18)19/h2-4,14H,5-6H2,1H3,(H,15,16)(H,17,18,19). The van der Waals surface area contributed by atoms with Gasteiger partial charge in [-0.15, -0.1) is 5.11 Å². The molecule has 110 valence electrons. The van der Waals surface area contributed by atoms with Crippen LogP contribution in [0.25, 0.3) is 0 Å². The lowest BCUT2D eigenvalue weighted by molar-refractivity contribution is -0.138. The van der Waals surface area contributed by atoms with Crippen LogP contribution in [0.15, 0.2) is 33.4 Å². The zero-order chi connectivity index (χ0) is 15.3. The maximum atomic E-state index is 11.2. The summed E-state index contributed by atoms with van der Waals surface area (Å²) in [4.78, 5) is 9.91. The molecule has 0 radical (unpaired) electrons. The molecule has 0 amide bonds. The van der Waals surface area contributed by atoms with Crippen LogP contribution in [0.3, 0.4) is 0 Å². The van der Waals surface area contributed by atoms with Gasteiger partial charge in [-0.05, 0) is 17.7 Å². The summed E-state index contributed by atoms with van der Waals surface area (Å²) in [6.07, 6.45) is 0. The molecule has 0 aliphatic rings. The maximum absolute atomic E-state index is 11.2. The zero-order valence-corrected chi connectivity index (χ0v) is 11.3. The Kier molecular flexibility index (Phi) is 5.13. The summed E-state index contributed by atoms with van der Waals surface area (Å²) in [5.74, 6) is -1.13. The summed E-state index contributed by atoms with van der Waals surface area (Å²) in [6.45, 7) is -0.821. The SMILES string of the molecule is CN(CC(=O)O)N=Nc1ccc(CO)cc1S(=O)(=O)O. The van der Waals surface area contributed by atoms with E-state index in [2.05, 4.69) is 10.3 Å². The van der Waals surface area contributed by atoms with Crippen molar-refractivity contribution in [3.8, 4) is 0 Å². The van der Waals surface area contributed by atoms with Crippen LogP contribution < -0.4 is 0 Å². The number of aliphatic carboxylic acids is 1. The minimum atomic E-state index is -4.54. The number of likely N-dealkylation sites (N-methyl/N-ethyl adjacent to an activating group) is 1. The van der Waals surface area contributed by atoms with Crippen LogP contribution in [-0.4, -0.2) is 47.8 Å². The van der Waals surface area contributed by atoms with Crippen molar-refractivity contribution in [3.05, 3.63) is 23.8 Å². The van der Waals surface area contributed by atoms with Crippen LogP contribution in [0.1, 0.15) is 5.56 Å². The first-order valence-electron chi connectivity index (χ1n) is 5.30. The van der Waals surface area contributed by atoms with Crippen LogP contribution in [0.5, 0.6) is 0 Å². The van der Waals surface area contributed by atoms with Gasteiger partial charge in [-0.25, -0.2) is 0 Å². The molecule has 0 spiro atoms. The minimum Gasteiger partial charge on any atom is -0.480 e. The highest BCUT2D eigenvalue weighted by atomic mass is 32.2. The average Bonchev–Trinajstić information content (AvgIpc) is 2.34. The fourth-order valence-electron chi connectivity index (χ4n) is 1.30. The molecular weight excluding hydrogens is 290 g/mol. The largest absolute Gasteiger partial charge is 0.480 e. The Labute approximate surface area is 114 Å². The van der Waals surface area contributed by atoms with Gasteiger partial charge in [-0.1, -0.05) is 11.3 Å². The Hall–Kier alpha value is -2.04. The van der Waals surface area contributed by atoms with Crippen LogP contribution >= 0.6 is 0 Å². The predicted molar refractivity (Wildman–Crippen MR) is 67.0 cm³/mol. The van der Waals surface area contributed by atoms with Crippen molar-refractivity contribution in [3.63, 3.8) is 0 Å². The first kappa shape index (κ1) is 16.0. The van der Waals surface area contributed by atoms with Gasteiger partial charge >= 0.3 is 5.97 Å². The van der Waals surface area contributed by atoms with Gasteiger partial charge in [0.05, 0.1) is 6.61 Å². The number of hydrogen-bond acceptors (Lipinski definition) is 6. The summed E-state index contributed by atoms with van der Waals surface area (Å²) in [5.41, 5.74) is 0.109. The van der Waals surface area contributed by atoms with Crippen molar-refractivity contribution in [1.82, 2.24) is 5.01 Å². The molecule has 9 nitrogen and oxygen atoms in total. The Morgan fingerprint density at radius 2 is 2.05 bits per heavy atom. The third kappa shape index (κ3) is 4.57. The lowest BCUT2D eigenvalue weighted by Crippen LogP contribution is -2.19. The minimum absolute atomic E-state index is 0.165. The molecule has 0 aliphatic heterocycles. The Morgan fingerprint density at radius 1 is 1.40 bits per heavy atom. The summed E-state index contributed by atoms with van der Waals surface area (Å²) < 4.78 is 31.5. The van der Waals surface area contributed by atoms with Gasteiger partial charge in [-0.3, -0.25) is 14.4 Å². The highest BCUT2D eigenvalue weighted by Crippen LogP contribution is 2.26. The second-order valence-electron chi connectivity index (χ2n) is 3.83. The van der Waals surface area contributed by atoms with E-state index in [9.17, 15) is 13.2 Å². The molecule has 1 aromatic carbocycles.